The van der Waals surface area contributed by atoms with Crippen LogP contribution >= 0.6 is 11.8 Å². The van der Waals surface area contributed by atoms with Gasteiger partial charge in [-0.15, -0.1) is 0 Å². The Morgan fingerprint density at radius 2 is 1.69 bits per heavy atom. The van der Waals surface area contributed by atoms with Crippen LogP contribution < -0.4 is 4.90 Å². The Kier molecular flexibility index (Phi) is 5.68. The third-order valence-electron chi connectivity index (χ3n) is 5.48. The average molecular weight is 424 g/mol. The first-order valence-electron chi connectivity index (χ1n) is 9.72. The SMILES string of the molecule is CN1CCN(CCCN2c3ccc(O)cc3Sc3ccc(C(F)(F)F)cc32)CC1. The fraction of sp³-hybridized carbons (Fsp3) is 0.429. The van der Waals surface area contributed by atoms with Crippen molar-refractivity contribution in [2.45, 2.75) is 22.4 Å². The summed E-state index contributed by atoms with van der Waals surface area (Å²) in [6.45, 7) is 5.66. The molecule has 8 heteroatoms. The number of piperazine rings is 1. The second-order valence-electron chi connectivity index (χ2n) is 7.58. The topological polar surface area (TPSA) is 30.0 Å². The van der Waals surface area contributed by atoms with Crippen LogP contribution in [0.25, 0.3) is 0 Å². The third-order valence-corrected chi connectivity index (χ3v) is 6.60. The predicted molar refractivity (Wildman–Crippen MR) is 109 cm³/mol. The molecule has 1 fully saturated rings. The summed E-state index contributed by atoms with van der Waals surface area (Å²) in [5, 5.41) is 9.85. The second-order valence-corrected chi connectivity index (χ2v) is 8.67. The molecule has 0 unspecified atom stereocenters. The van der Waals surface area contributed by atoms with Crippen molar-refractivity contribution in [2.75, 3.05) is 51.2 Å². The van der Waals surface area contributed by atoms with Crippen LogP contribution in [0.3, 0.4) is 0 Å². The highest BCUT2D eigenvalue weighted by Crippen LogP contribution is 2.50. The minimum absolute atomic E-state index is 0.156. The lowest BCUT2D eigenvalue weighted by molar-refractivity contribution is -0.137. The number of alkyl halides is 3. The number of aromatic hydroxyl groups is 1. The van der Waals surface area contributed by atoms with Crippen molar-refractivity contribution in [3.63, 3.8) is 0 Å². The normalized spacial score (nSPS) is 17.9. The molecule has 0 atom stereocenters. The number of fused-ring (bicyclic) bond motifs is 2. The summed E-state index contributed by atoms with van der Waals surface area (Å²) in [5.41, 5.74) is 0.794. The molecule has 29 heavy (non-hydrogen) atoms. The highest BCUT2D eigenvalue weighted by atomic mass is 32.2. The number of benzene rings is 2. The molecular weight excluding hydrogens is 399 g/mol. The smallest absolute Gasteiger partial charge is 0.416 e. The summed E-state index contributed by atoms with van der Waals surface area (Å²) >= 11 is 1.40. The van der Waals surface area contributed by atoms with Gasteiger partial charge >= 0.3 is 6.18 Å². The molecule has 2 aliphatic heterocycles. The maximum atomic E-state index is 13.3. The summed E-state index contributed by atoms with van der Waals surface area (Å²) in [5.74, 6) is 0.156. The second kappa shape index (κ2) is 8.08. The summed E-state index contributed by atoms with van der Waals surface area (Å²) in [7, 11) is 2.12. The van der Waals surface area contributed by atoms with Gasteiger partial charge in [0.1, 0.15) is 5.75 Å². The van der Waals surface area contributed by atoms with E-state index in [9.17, 15) is 18.3 Å². The minimum atomic E-state index is -4.37. The number of likely N-dealkylation sites (N-methyl/N-ethyl adjacent to an activating group) is 1. The molecule has 0 amide bonds. The van der Waals surface area contributed by atoms with Gasteiger partial charge in [-0.3, -0.25) is 0 Å². The Balaban J connectivity index is 1.57. The van der Waals surface area contributed by atoms with Gasteiger partial charge in [0, 0.05) is 42.5 Å². The molecule has 1 saturated heterocycles. The van der Waals surface area contributed by atoms with Gasteiger partial charge in [-0.1, -0.05) is 11.8 Å². The van der Waals surface area contributed by atoms with E-state index in [0.29, 0.717) is 12.2 Å². The number of nitrogens with zero attached hydrogens (tertiary/aromatic N) is 3. The van der Waals surface area contributed by atoms with E-state index in [1.165, 1.54) is 23.9 Å². The molecule has 0 saturated carbocycles. The Hall–Kier alpha value is -1.90. The highest BCUT2D eigenvalue weighted by Gasteiger charge is 2.33. The van der Waals surface area contributed by atoms with Crippen molar-refractivity contribution in [1.82, 2.24) is 9.80 Å². The van der Waals surface area contributed by atoms with Crippen LogP contribution in [0.15, 0.2) is 46.2 Å². The fourth-order valence-electron chi connectivity index (χ4n) is 3.81. The molecule has 4 rings (SSSR count). The average Bonchev–Trinajstić information content (AvgIpc) is 2.67. The van der Waals surface area contributed by atoms with E-state index >= 15 is 0 Å². The number of halogens is 3. The Morgan fingerprint density at radius 1 is 0.931 bits per heavy atom. The molecule has 2 aliphatic rings. The van der Waals surface area contributed by atoms with Crippen molar-refractivity contribution < 1.29 is 18.3 Å². The molecule has 2 heterocycles. The maximum Gasteiger partial charge on any atom is 0.416 e. The van der Waals surface area contributed by atoms with Crippen molar-refractivity contribution in [2.24, 2.45) is 0 Å². The molecule has 2 aromatic rings. The van der Waals surface area contributed by atoms with Gasteiger partial charge < -0.3 is 19.8 Å². The lowest BCUT2D eigenvalue weighted by Gasteiger charge is -2.35. The van der Waals surface area contributed by atoms with Crippen LogP contribution in [0.2, 0.25) is 0 Å². The van der Waals surface area contributed by atoms with Crippen molar-refractivity contribution in [3.8, 4) is 5.75 Å². The van der Waals surface area contributed by atoms with Crippen molar-refractivity contribution in [1.29, 1.82) is 0 Å². The van der Waals surface area contributed by atoms with E-state index in [1.54, 1.807) is 18.2 Å². The van der Waals surface area contributed by atoms with Gasteiger partial charge in [0.15, 0.2) is 0 Å². The molecule has 4 nitrogen and oxygen atoms in total. The summed E-state index contributed by atoms with van der Waals surface area (Å²) in [6.07, 6.45) is -3.52. The number of hydrogen-bond acceptors (Lipinski definition) is 5. The zero-order valence-corrected chi connectivity index (χ0v) is 17.1. The van der Waals surface area contributed by atoms with Crippen molar-refractivity contribution >= 4 is 23.1 Å². The molecule has 0 radical (unpaired) electrons. The number of phenols is 1. The van der Waals surface area contributed by atoms with Gasteiger partial charge in [0.2, 0.25) is 0 Å². The van der Waals surface area contributed by atoms with E-state index in [2.05, 4.69) is 16.8 Å². The quantitative estimate of drug-likeness (QED) is 0.773. The molecule has 1 N–H and O–H groups in total. The van der Waals surface area contributed by atoms with Gasteiger partial charge in [0.05, 0.1) is 16.9 Å². The van der Waals surface area contributed by atoms with E-state index < -0.39 is 11.7 Å². The summed E-state index contributed by atoms with van der Waals surface area (Å²) in [4.78, 5) is 8.30. The lowest BCUT2D eigenvalue weighted by Crippen LogP contribution is -2.45. The van der Waals surface area contributed by atoms with Gasteiger partial charge in [-0.2, -0.15) is 13.2 Å². The Labute approximate surface area is 172 Å². The first kappa shape index (κ1) is 20.4. The number of hydrogen-bond donors (Lipinski definition) is 1. The van der Waals surface area contributed by atoms with Crippen LogP contribution in [-0.2, 0) is 6.18 Å². The third kappa shape index (κ3) is 4.49. The van der Waals surface area contributed by atoms with E-state index in [1.807, 2.05) is 4.90 Å². The van der Waals surface area contributed by atoms with Crippen LogP contribution in [0, 0.1) is 0 Å². The predicted octanol–water partition coefficient (Wildman–Crippen LogP) is 4.65. The Bertz CT molecular complexity index is 882. The first-order valence-corrected chi connectivity index (χ1v) is 10.5. The van der Waals surface area contributed by atoms with E-state index in [-0.39, 0.29) is 5.75 Å². The highest BCUT2D eigenvalue weighted by molar-refractivity contribution is 7.99. The molecule has 156 valence electrons. The van der Waals surface area contributed by atoms with Crippen LogP contribution in [0.5, 0.6) is 5.75 Å². The lowest BCUT2D eigenvalue weighted by atomic mass is 10.1. The summed E-state index contributed by atoms with van der Waals surface area (Å²) < 4.78 is 39.9. The van der Waals surface area contributed by atoms with Gasteiger partial charge in [-0.05, 0) is 56.4 Å². The molecular formula is C21H24F3N3OS. The van der Waals surface area contributed by atoms with Crippen LogP contribution in [0.4, 0.5) is 24.5 Å². The van der Waals surface area contributed by atoms with Crippen LogP contribution in [0.1, 0.15) is 12.0 Å². The largest absolute Gasteiger partial charge is 0.508 e. The monoisotopic (exact) mass is 423 g/mol. The summed E-state index contributed by atoms with van der Waals surface area (Å²) in [6, 6.07) is 8.95. The Morgan fingerprint density at radius 3 is 2.41 bits per heavy atom. The molecule has 0 spiro atoms. The number of phenolic OH excluding ortho intramolecular Hbond substituents is 1. The number of anilines is 2. The zero-order valence-electron chi connectivity index (χ0n) is 16.2. The fourth-order valence-corrected chi connectivity index (χ4v) is 4.92. The van der Waals surface area contributed by atoms with E-state index in [0.717, 1.165) is 60.7 Å². The molecule has 0 aromatic heterocycles. The number of rotatable bonds is 4. The van der Waals surface area contributed by atoms with Gasteiger partial charge in [-0.25, -0.2) is 0 Å². The molecule has 0 aliphatic carbocycles. The minimum Gasteiger partial charge on any atom is -0.508 e. The zero-order chi connectivity index (χ0) is 20.6. The standard InChI is InChI=1S/C21H24F3N3OS/c1-25-9-11-26(12-10-25)7-2-8-27-17-5-4-16(28)14-20(17)29-19-6-3-15(13-18(19)27)21(22,23)24/h3-6,13-14,28H,2,7-12H2,1H3. The van der Waals surface area contributed by atoms with Gasteiger partial charge in [0.25, 0.3) is 0 Å². The molecule has 2 aromatic carbocycles. The first-order chi connectivity index (χ1) is 13.8. The maximum absolute atomic E-state index is 13.3. The van der Waals surface area contributed by atoms with E-state index in [4.69, 9.17) is 0 Å². The molecule has 0 bridgehead atoms. The van der Waals surface area contributed by atoms with Crippen molar-refractivity contribution in [3.05, 3.63) is 42.0 Å². The van der Waals surface area contributed by atoms with Crippen LogP contribution in [-0.4, -0.2) is 61.2 Å².